The van der Waals surface area contributed by atoms with Crippen molar-refractivity contribution < 1.29 is 0 Å². The minimum Gasteiger partial charge on any atom is -0.309 e. The van der Waals surface area contributed by atoms with Crippen LogP contribution < -0.4 is 5.32 Å². The van der Waals surface area contributed by atoms with Crippen LogP contribution in [0.3, 0.4) is 0 Å². The SMILES string of the molecule is CN(C)CCCn1cc(CNC(C)(C)C)nn1. The first kappa shape index (κ1) is 14.1. The van der Waals surface area contributed by atoms with Crippen LogP contribution in [0.5, 0.6) is 0 Å². The molecule has 0 unspecified atom stereocenters. The van der Waals surface area contributed by atoms with Crippen molar-refractivity contribution in [1.29, 1.82) is 0 Å². The molecule has 0 saturated heterocycles. The molecule has 98 valence electrons. The van der Waals surface area contributed by atoms with Crippen LogP contribution in [0.15, 0.2) is 6.20 Å². The second-order valence-corrected chi connectivity index (χ2v) is 5.73. The third kappa shape index (κ3) is 6.38. The third-order valence-electron chi connectivity index (χ3n) is 2.38. The van der Waals surface area contributed by atoms with Gasteiger partial charge in [-0.15, -0.1) is 5.10 Å². The van der Waals surface area contributed by atoms with Crippen molar-refractivity contribution in [2.75, 3.05) is 20.6 Å². The van der Waals surface area contributed by atoms with Crippen LogP contribution in [0, 0.1) is 0 Å². The molecule has 1 N–H and O–H groups in total. The fourth-order valence-electron chi connectivity index (χ4n) is 1.43. The number of nitrogens with one attached hydrogen (secondary N) is 1. The van der Waals surface area contributed by atoms with Crippen LogP contribution in [0.4, 0.5) is 0 Å². The molecule has 0 aliphatic carbocycles. The van der Waals surface area contributed by atoms with E-state index >= 15 is 0 Å². The Kier molecular flexibility index (Phi) is 5.08. The summed E-state index contributed by atoms with van der Waals surface area (Å²) in [4.78, 5) is 2.18. The highest BCUT2D eigenvalue weighted by Crippen LogP contribution is 2.02. The highest BCUT2D eigenvalue weighted by atomic mass is 15.4. The summed E-state index contributed by atoms with van der Waals surface area (Å²) in [7, 11) is 4.17. The Labute approximate surface area is 104 Å². The lowest BCUT2D eigenvalue weighted by Gasteiger charge is -2.19. The van der Waals surface area contributed by atoms with E-state index in [9.17, 15) is 0 Å². The Bertz CT molecular complexity index is 324. The second-order valence-electron chi connectivity index (χ2n) is 5.73. The highest BCUT2D eigenvalue weighted by Gasteiger charge is 2.09. The van der Waals surface area contributed by atoms with Gasteiger partial charge in [-0.25, -0.2) is 0 Å². The molecule has 5 nitrogen and oxygen atoms in total. The highest BCUT2D eigenvalue weighted by molar-refractivity contribution is 4.92. The maximum atomic E-state index is 4.15. The molecule has 0 amide bonds. The van der Waals surface area contributed by atoms with E-state index in [-0.39, 0.29) is 5.54 Å². The van der Waals surface area contributed by atoms with Crippen LogP contribution in [0.2, 0.25) is 0 Å². The average molecular weight is 239 g/mol. The molecule has 0 aliphatic heterocycles. The summed E-state index contributed by atoms with van der Waals surface area (Å²) in [6.07, 6.45) is 3.12. The largest absolute Gasteiger partial charge is 0.309 e. The molecule has 0 atom stereocenters. The molecule has 1 aromatic heterocycles. The number of aromatic nitrogens is 3. The van der Waals surface area contributed by atoms with Crippen LogP contribution in [-0.4, -0.2) is 46.1 Å². The lowest BCUT2D eigenvalue weighted by Crippen LogP contribution is -2.35. The lowest BCUT2D eigenvalue weighted by molar-refractivity contribution is 0.379. The summed E-state index contributed by atoms with van der Waals surface area (Å²) >= 11 is 0. The van der Waals surface area contributed by atoms with E-state index in [4.69, 9.17) is 0 Å². The van der Waals surface area contributed by atoms with E-state index in [1.165, 1.54) is 0 Å². The van der Waals surface area contributed by atoms with Crippen molar-refractivity contribution in [1.82, 2.24) is 25.2 Å². The van der Waals surface area contributed by atoms with E-state index in [1.54, 1.807) is 0 Å². The zero-order chi connectivity index (χ0) is 12.9. The fourth-order valence-corrected chi connectivity index (χ4v) is 1.43. The third-order valence-corrected chi connectivity index (χ3v) is 2.38. The van der Waals surface area contributed by atoms with E-state index in [1.807, 2.05) is 10.9 Å². The molecule has 0 aromatic carbocycles. The molecular weight excluding hydrogens is 214 g/mol. The molecule has 5 heteroatoms. The first-order valence-corrected chi connectivity index (χ1v) is 6.15. The van der Waals surface area contributed by atoms with Crippen molar-refractivity contribution in [3.05, 3.63) is 11.9 Å². The van der Waals surface area contributed by atoms with Gasteiger partial charge in [0.05, 0.1) is 5.69 Å². The summed E-state index contributed by atoms with van der Waals surface area (Å²) in [5.41, 5.74) is 1.12. The smallest absolute Gasteiger partial charge is 0.0965 e. The molecule has 0 spiro atoms. The van der Waals surface area contributed by atoms with Crippen LogP contribution in [0.25, 0.3) is 0 Å². The quantitative estimate of drug-likeness (QED) is 0.808. The fraction of sp³-hybridized carbons (Fsp3) is 0.833. The molecule has 17 heavy (non-hydrogen) atoms. The molecule has 0 aliphatic rings. The molecule has 0 radical (unpaired) electrons. The molecular formula is C12H25N5. The van der Waals surface area contributed by atoms with Gasteiger partial charge >= 0.3 is 0 Å². The number of nitrogens with zero attached hydrogens (tertiary/aromatic N) is 4. The summed E-state index contributed by atoms with van der Waals surface area (Å²) in [5.74, 6) is 0. The Hall–Kier alpha value is -0.940. The van der Waals surface area contributed by atoms with Crippen molar-refractivity contribution >= 4 is 0 Å². The summed E-state index contributed by atoms with van der Waals surface area (Å²) in [6, 6.07) is 0. The van der Waals surface area contributed by atoms with Crippen LogP contribution >= 0.6 is 0 Å². The molecule has 1 rings (SSSR count). The van der Waals surface area contributed by atoms with Crippen LogP contribution in [-0.2, 0) is 13.1 Å². The molecule has 1 heterocycles. The zero-order valence-electron chi connectivity index (χ0n) is 11.7. The number of rotatable bonds is 6. The molecule has 1 aromatic rings. The van der Waals surface area contributed by atoms with E-state index < -0.39 is 0 Å². The topological polar surface area (TPSA) is 46.0 Å². The number of aryl methyl sites for hydroxylation is 1. The standard InChI is InChI=1S/C12H25N5/c1-12(2,3)13-9-11-10-17(15-14-11)8-6-7-16(4)5/h10,13H,6-9H2,1-5H3. The van der Waals surface area contributed by atoms with Crippen molar-refractivity contribution in [3.63, 3.8) is 0 Å². The lowest BCUT2D eigenvalue weighted by atomic mass is 10.1. The second kappa shape index (κ2) is 6.12. The van der Waals surface area contributed by atoms with Gasteiger partial charge in [0, 0.05) is 24.8 Å². The maximum Gasteiger partial charge on any atom is 0.0965 e. The molecule has 0 fully saturated rings. The van der Waals surface area contributed by atoms with Gasteiger partial charge < -0.3 is 10.2 Å². The van der Waals surface area contributed by atoms with Gasteiger partial charge in [0.25, 0.3) is 0 Å². The Balaban J connectivity index is 2.32. The number of hydrogen-bond acceptors (Lipinski definition) is 4. The summed E-state index contributed by atoms with van der Waals surface area (Å²) < 4.78 is 1.92. The zero-order valence-corrected chi connectivity index (χ0v) is 11.7. The van der Waals surface area contributed by atoms with Gasteiger partial charge in [-0.3, -0.25) is 4.68 Å². The monoisotopic (exact) mass is 239 g/mol. The van der Waals surface area contributed by atoms with Gasteiger partial charge in [-0.2, -0.15) is 0 Å². The van der Waals surface area contributed by atoms with Crippen molar-refractivity contribution in [2.45, 2.75) is 45.8 Å². The van der Waals surface area contributed by atoms with E-state index in [0.717, 1.165) is 31.7 Å². The first-order chi connectivity index (χ1) is 7.87. The Morgan fingerprint density at radius 3 is 2.65 bits per heavy atom. The number of hydrogen-bond donors (Lipinski definition) is 1. The predicted octanol–water partition coefficient (Wildman–Crippen LogP) is 1.12. The van der Waals surface area contributed by atoms with Gasteiger partial charge in [0.15, 0.2) is 0 Å². The minimum atomic E-state index is 0.120. The van der Waals surface area contributed by atoms with E-state index in [2.05, 4.69) is 55.4 Å². The average Bonchev–Trinajstić information content (AvgIpc) is 2.61. The normalized spacial score (nSPS) is 12.4. The molecule has 0 bridgehead atoms. The Morgan fingerprint density at radius 1 is 1.35 bits per heavy atom. The maximum absolute atomic E-state index is 4.15. The van der Waals surface area contributed by atoms with Gasteiger partial charge in [0.1, 0.15) is 0 Å². The van der Waals surface area contributed by atoms with E-state index in [0.29, 0.717) is 0 Å². The molecule has 0 saturated carbocycles. The summed E-state index contributed by atoms with van der Waals surface area (Å²) in [6.45, 7) is 9.23. The van der Waals surface area contributed by atoms with Crippen molar-refractivity contribution in [2.24, 2.45) is 0 Å². The van der Waals surface area contributed by atoms with Gasteiger partial charge in [-0.1, -0.05) is 5.21 Å². The van der Waals surface area contributed by atoms with Crippen molar-refractivity contribution in [3.8, 4) is 0 Å². The predicted molar refractivity (Wildman–Crippen MR) is 69.8 cm³/mol. The summed E-state index contributed by atoms with van der Waals surface area (Å²) in [5, 5.41) is 11.7. The first-order valence-electron chi connectivity index (χ1n) is 6.15. The van der Waals surface area contributed by atoms with Gasteiger partial charge in [-0.05, 0) is 47.8 Å². The Morgan fingerprint density at radius 2 is 2.06 bits per heavy atom. The minimum absolute atomic E-state index is 0.120. The van der Waals surface area contributed by atoms with Crippen LogP contribution in [0.1, 0.15) is 32.9 Å². The van der Waals surface area contributed by atoms with Gasteiger partial charge in [0.2, 0.25) is 0 Å².